The highest BCUT2D eigenvalue weighted by Gasteiger charge is 2.23. The Kier molecular flexibility index (Phi) is 6.99. The van der Waals surface area contributed by atoms with Gasteiger partial charge < -0.3 is 15.2 Å². The summed E-state index contributed by atoms with van der Waals surface area (Å²) in [7, 11) is 1.40. The Bertz CT molecular complexity index is 1100. The number of hydrogen-bond acceptors (Lipinski definition) is 6. The second-order valence-corrected chi connectivity index (χ2v) is 9.05. The number of aromatic nitrogens is 2. The molecule has 2 aromatic heterocycles. The van der Waals surface area contributed by atoms with Crippen LogP contribution in [0.3, 0.4) is 0 Å². The minimum Gasteiger partial charge on any atom is -0.494 e. The first kappa shape index (κ1) is 22.2. The lowest BCUT2D eigenvalue weighted by Crippen LogP contribution is -2.14. The van der Waals surface area contributed by atoms with Crippen LogP contribution >= 0.6 is 11.3 Å². The average Bonchev–Trinajstić information content (AvgIpc) is 3.26. The maximum absolute atomic E-state index is 14.2. The Morgan fingerprint density at radius 1 is 1.31 bits per heavy atom. The molecule has 0 radical (unpaired) electrons. The topological polar surface area (TPSA) is 84.3 Å². The van der Waals surface area contributed by atoms with Gasteiger partial charge in [0.05, 0.1) is 13.5 Å². The normalized spacial score (nSPS) is 13.8. The van der Waals surface area contributed by atoms with Crippen LogP contribution in [-0.4, -0.2) is 34.7 Å². The maximum Gasteiger partial charge on any atom is 0.304 e. The Balaban J connectivity index is 1.42. The number of aliphatic carboxylic acids is 1. The van der Waals surface area contributed by atoms with Gasteiger partial charge in [-0.3, -0.25) is 4.79 Å². The molecule has 0 spiro atoms. The fourth-order valence-corrected chi connectivity index (χ4v) is 5.06. The standard InChI is InChI=1S/C24H26FN3O3S/c1-31-21-10-8-16(12-20(21)25)19(13-22(29)30)24-27-14-18(32-24)6-2-5-17-9-7-15-4-3-11-26-23(15)28-17/h7-10,12,14,19H,2-6,11,13H2,1H3,(H,26,28)(H,29,30)/t19-/m1/s1. The van der Waals surface area contributed by atoms with E-state index in [9.17, 15) is 14.3 Å². The summed E-state index contributed by atoms with van der Waals surface area (Å²) in [5, 5.41) is 13.4. The second kappa shape index (κ2) is 10.1. The van der Waals surface area contributed by atoms with Gasteiger partial charge in [0.2, 0.25) is 0 Å². The number of carbonyl (C=O) groups is 1. The molecule has 3 heterocycles. The number of rotatable bonds is 9. The molecule has 1 aliphatic heterocycles. The molecule has 3 aromatic rings. The van der Waals surface area contributed by atoms with Gasteiger partial charge in [0, 0.05) is 29.2 Å². The lowest BCUT2D eigenvalue weighted by atomic mass is 9.96. The van der Waals surface area contributed by atoms with Crippen LogP contribution in [0.1, 0.15) is 51.9 Å². The number of pyridine rings is 1. The molecule has 0 saturated carbocycles. The van der Waals surface area contributed by atoms with Crippen LogP contribution in [0.5, 0.6) is 5.75 Å². The zero-order chi connectivity index (χ0) is 22.5. The number of aryl methyl sites for hydroxylation is 3. The van der Waals surface area contributed by atoms with Crippen molar-refractivity contribution in [2.75, 3.05) is 19.0 Å². The van der Waals surface area contributed by atoms with Crippen LogP contribution in [0, 0.1) is 5.82 Å². The molecule has 32 heavy (non-hydrogen) atoms. The third-order valence-corrected chi connectivity index (χ3v) is 6.81. The summed E-state index contributed by atoms with van der Waals surface area (Å²) in [6.07, 6.45) is 6.50. The average molecular weight is 456 g/mol. The van der Waals surface area contributed by atoms with E-state index in [-0.39, 0.29) is 12.2 Å². The molecule has 0 aliphatic carbocycles. The van der Waals surface area contributed by atoms with Crippen LogP contribution in [-0.2, 0) is 24.1 Å². The molecule has 0 amide bonds. The highest BCUT2D eigenvalue weighted by atomic mass is 32.1. The molecule has 168 valence electrons. The maximum atomic E-state index is 14.2. The summed E-state index contributed by atoms with van der Waals surface area (Å²) in [5.74, 6) is -0.815. The molecule has 0 bridgehead atoms. The van der Waals surface area contributed by atoms with E-state index in [1.165, 1.54) is 36.1 Å². The minimum absolute atomic E-state index is 0.133. The number of benzene rings is 1. The highest BCUT2D eigenvalue weighted by Crippen LogP contribution is 2.33. The number of nitrogens with one attached hydrogen (secondary N) is 1. The fraction of sp³-hybridized carbons (Fsp3) is 0.375. The quantitative estimate of drug-likeness (QED) is 0.481. The van der Waals surface area contributed by atoms with Gasteiger partial charge in [-0.15, -0.1) is 11.3 Å². The summed E-state index contributed by atoms with van der Waals surface area (Å²) < 4.78 is 19.2. The molecule has 1 aromatic carbocycles. The van der Waals surface area contributed by atoms with E-state index in [2.05, 4.69) is 22.4 Å². The van der Waals surface area contributed by atoms with E-state index in [1.54, 1.807) is 12.3 Å². The van der Waals surface area contributed by atoms with Gasteiger partial charge in [-0.25, -0.2) is 14.4 Å². The van der Waals surface area contributed by atoms with Gasteiger partial charge in [0.15, 0.2) is 11.6 Å². The van der Waals surface area contributed by atoms with E-state index in [0.29, 0.717) is 10.6 Å². The van der Waals surface area contributed by atoms with Gasteiger partial charge in [-0.2, -0.15) is 0 Å². The molecule has 6 nitrogen and oxygen atoms in total. The first-order valence-corrected chi connectivity index (χ1v) is 11.6. The summed E-state index contributed by atoms with van der Waals surface area (Å²) in [6.45, 7) is 0.975. The number of carboxylic acid groups (broad SMARTS) is 1. The monoisotopic (exact) mass is 455 g/mol. The van der Waals surface area contributed by atoms with Crippen LogP contribution in [0.4, 0.5) is 10.2 Å². The number of halogens is 1. The predicted octanol–water partition coefficient (Wildman–Crippen LogP) is 4.83. The van der Waals surface area contributed by atoms with Crippen molar-refractivity contribution in [3.63, 3.8) is 0 Å². The Morgan fingerprint density at radius 3 is 2.97 bits per heavy atom. The van der Waals surface area contributed by atoms with Crippen molar-refractivity contribution in [2.24, 2.45) is 0 Å². The summed E-state index contributed by atoms with van der Waals surface area (Å²) in [5.41, 5.74) is 2.93. The Hall–Kier alpha value is -3.00. The molecular weight excluding hydrogens is 429 g/mol. The largest absolute Gasteiger partial charge is 0.494 e. The van der Waals surface area contributed by atoms with Gasteiger partial charge in [-0.1, -0.05) is 12.1 Å². The van der Waals surface area contributed by atoms with Crippen LogP contribution in [0.2, 0.25) is 0 Å². The van der Waals surface area contributed by atoms with Gasteiger partial charge >= 0.3 is 5.97 Å². The van der Waals surface area contributed by atoms with Crippen molar-refractivity contribution >= 4 is 23.1 Å². The van der Waals surface area contributed by atoms with Crippen molar-refractivity contribution in [1.82, 2.24) is 9.97 Å². The zero-order valence-corrected chi connectivity index (χ0v) is 18.8. The van der Waals surface area contributed by atoms with Crippen molar-refractivity contribution < 1.29 is 19.0 Å². The van der Waals surface area contributed by atoms with E-state index >= 15 is 0 Å². The van der Waals surface area contributed by atoms with Crippen molar-refractivity contribution in [3.8, 4) is 5.75 Å². The van der Waals surface area contributed by atoms with Crippen LogP contribution in [0.25, 0.3) is 0 Å². The van der Waals surface area contributed by atoms with Gasteiger partial charge in [0.25, 0.3) is 0 Å². The first-order valence-electron chi connectivity index (χ1n) is 10.8. The van der Waals surface area contributed by atoms with Crippen LogP contribution in [0.15, 0.2) is 36.5 Å². The molecule has 1 aliphatic rings. The van der Waals surface area contributed by atoms with Crippen molar-refractivity contribution in [1.29, 1.82) is 0 Å². The number of ether oxygens (including phenoxy) is 1. The summed E-state index contributed by atoms with van der Waals surface area (Å²) >= 11 is 1.49. The van der Waals surface area contributed by atoms with Crippen LogP contribution < -0.4 is 10.1 Å². The van der Waals surface area contributed by atoms with E-state index in [4.69, 9.17) is 9.72 Å². The van der Waals surface area contributed by atoms with Crippen molar-refractivity contribution in [2.45, 2.75) is 44.4 Å². The third kappa shape index (κ3) is 5.24. The summed E-state index contributed by atoms with van der Waals surface area (Å²) in [4.78, 5) is 21.7. The number of methoxy groups -OCH3 is 1. The van der Waals surface area contributed by atoms with Gasteiger partial charge in [-0.05, 0) is 61.4 Å². The molecule has 1 atom stereocenters. The Morgan fingerprint density at radius 2 is 2.19 bits per heavy atom. The SMILES string of the molecule is COc1ccc([C@@H](CC(=O)O)c2ncc(CCCc3ccc4c(n3)NCCC4)s2)cc1F. The number of nitrogens with zero attached hydrogens (tertiary/aromatic N) is 2. The molecule has 0 fully saturated rings. The molecule has 8 heteroatoms. The number of carboxylic acids is 1. The lowest BCUT2D eigenvalue weighted by Gasteiger charge is -2.17. The zero-order valence-electron chi connectivity index (χ0n) is 17.9. The number of fused-ring (bicyclic) bond motifs is 1. The first-order chi connectivity index (χ1) is 15.5. The van der Waals surface area contributed by atoms with E-state index < -0.39 is 17.7 Å². The highest BCUT2D eigenvalue weighted by molar-refractivity contribution is 7.11. The molecule has 0 saturated heterocycles. The van der Waals surface area contributed by atoms with E-state index in [1.807, 2.05) is 0 Å². The third-order valence-electron chi connectivity index (χ3n) is 5.63. The number of anilines is 1. The minimum atomic E-state index is -0.949. The lowest BCUT2D eigenvalue weighted by molar-refractivity contribution is -0.137. The van der Waals surface area contributed by atoms with Crippen molar-refractivity contribution in [3.05, 3.63) is 69.1 Å². The number of thiazole rings is 1. The fourth-order valence-electron chi connectivity index (χ4n) is 3.97. The molecular formula is C24H26FN3O3S. The summed E-state index contributed by atoms with van der Waals surface area (Å²) in [6, 6.07) is 8.83. The predicted molar refractivity (Wildman–Crippen MR) is 122 cm³/mol. The second-order valence-electron chi connectivity index (χ2n) is 7.90. The van der Waals surface area contributed by atoms with Gasteiger partial charge in [0.1, 0.15) is 10.8 Å². The Labute approximate surface area is 190 Å². The molecule has 2 N–H and O–H groups in total. The molecule has 0 unspecified atom stereocenters. The smallest absolute Gasteiger partial charge is 0.304 e. The van der Waals surface area contributed by atoms with E-state index in [0.717, 1.165) is 55.0 Å². The number of hydrogen-bond donors (Lipinski definition) is 2. The molecule has 4 rings (SSSR count).